The number of benzene rings is 3. The average molecular weight is 631 g/mol. The van der Waals surface area contributed by atoms with Crippen molar-refractivity contribution in [3.8, 4) is 0 Å². The van der Waals surface area contributed by atoms with Crippen molar-refractivity contribution < 1.29 is 28.7 Å². The molecule has 0 spiro atoms. The van der Waals surface area contributed by atoms with Gasteiger partial charge in [-0.25, -0.2) is 4.79 Å². The summed E-state index contributed by atoms with van der Waals surface area (Å²) in [6, 6.07) is 24.8. The number of anilines is 1. The molecule has 0 bridgehead atoms. The second kappa shape index (κ2) is 19.2. The van der Waals surface area contributed by atoms with E-state index in [2.05, 4.69) is 21.4 Å². The number of nitrogens with zero attached hydrogens (tertiary/aromatic N) is 1. The van der Waals surface area contributed by atoms with E-state index in [0.29, 0.717) is 19.4 Å². The third-order valence-corrected chi connectivity index (χ3v) is 7.02. The largest absolute Gasteiger partial charge is 0.445 e. The predicted molar refractivity (Wildman–Crippen MR) is 174 cm³/mol. The van der Waals surface area contributed by atoms with E-state index < -0.39 is 41.7 Å². The molecule has 0 aliphatic rings. The quantitative estimate of drug-likeness (QED) is 0.0811. The molecule has 12 nitrogen and oxygen atoms in total. The highest BCUT2D eigenvalue weighted by Gasteiger charge is 2.30. The van der Waals surface area contributed by atoms with Crippen LogP contribution in [0.5, 0.6) is 0 Å². The van der Waals surface area contributed by atoms with Crippen molar-refractivity contribution in [2.75, 3.05) is 18.6 Å². The van der Waals surface area contributed by atoms with Gasteiger partial charge in [0.05, 0.1) is 11.7 Å². The van der Waals surface area contributed by atoms with Crippen molar-refractivity contribution >= 4 is 35.3 Å². The van der Waals surface area contributed by atoms with Crippen LogP contribution in [0.15, 0.2) is 91.0 Å². The first-order chi connectivity index (χ1) is 22.3. The third-order valence-electron chi connectivity index (χ3n) is 7.02. The van der Waals surface area contributed by atoms with Gasteiger partial charge in [0.2, 0.25) is 17.6 Å². The van der Waals surface area contributed by atoms with Crippen LogP contribution in [0.1, 0.15) is 43.2 Å². The standard InChI is InChI=1S/C34H42N6O6/c1-40(27-17-9-4-10-18-27)39-30(41)21-20-29(38-34(45)46-24-26-15-7-3-8-16-26)32(43)37-28(19-11-12-22-35)31(42)33(44)36-23-25-13-5-2-6-14-25/h2-10,13-18,28-29H,11-12,19-24,35H2,1H3,(H,36,44)(H,37,43)(H,38,45)(H,39,41). The molecular weight excluding hydrogens is 588 g/mol. The summed E-state index contributed by atoms with van der Waals surface area (Å²) < 4.78 is 5.30. The van der Waals surface area contributed by atoms with E-state index in [9.17, 15) is 24.0 Å². The Morgan fingerprint density at radius 2 is 1.37 bits per heavy atom. The number of unbranched alkanes of at least 4 members (excludes halogenated alkanes) is 1. The molecule has 0 saturated carbocycles. The van der Waals surface area contributed by atoms with Crippen LogP contribution in [-0.4, -0.2) is 55.3 Å². The first kappa shape index (κ1) is 35.3. The molecule has 2 atom stereocenters. The Morgan fingerprint density at radius 3 is 2.00 bits per heavy atom. The SMILES string of the molecule is CN(NC(=O)CCC(NC(=O)OCc1ccccc1)C(=O)NC(CCCCN)C(=O)C(=O)NCc1ccccc1)c1ccccc1. The van der Waals surface area contributed by atoms with Crippen molar-refractivity contribution in [2.45, 2.75) is 57.3 Å². The highest BCUT2D eigenvalue weighted by atomic mass is 16.5. The van der Waals surface area contributed by atoms with E-state index in [4.69, 9.17) is 10.5 Å². The predicted octanol–water partition coefficient (Wildman–Crippen LogP) is 2.73. The van der Waals surface area contributed by atoms with Gasteiger partial charge in [0.15, 0.2) is 0 Å². The van der Waals surface area contributed by atoms with Gasteiger partial charge in [-0.1, -0.05) is 78.9 Å². The van der Waals surface area contributed by atoms with Gasteiger partial charge in [-0.3, -0.25) is 29.6 Å². The first-order valence-corrected chi connectivity index (χ1v) is 15.2. The van der Waals surface area contributed by atoms with Crippen LogP contribution in [0.4, 0.5) is 10.5 Å². The van der Waals surface area contributed by atoms with Gasteiger partial charge in [0.25, 0.3) is 5.91 Å². The number of carbonyl (C=O) groups is 5. The van der Waals surface area contributed by atoms with Crippen LogP contribution in [-0.2, 0) is 37.1 Å². The Kier molecular flexibility index (Phi) is 14.7. The van der Waals surface area contributed by atoms with Crippen molar-refractivity contribution in [1.82, 2.24) is 21.4 Å². The van der Waals surface area contributed by atoms with Crippen molar-refractivity contribution in [2.24, 2.45) is 5.73 Å². The van der Waals surface area contributed by atoms with Gasteiger partial charge in [0.1, 0.15) is 12.6 Å². The minimum absolute atomic E-state index is 0.0366. The van der Waals surface area contributed by atoms with Gasteiger partial charge in [-0.2, -0.15) is 0 Å². The van der Waals surface area contributed by atoms with Crippen LogP contribution < -0.4 is 32.1 Å². The van der Waals surface area contributed by atoms with Gasteiger partial charge >= 0.3 is 6.09 Å². The van der Waals surface area contributed by atoms with Gasteiger partial charge in [0, 0.05) is 20.0 Å². The number of nitrogens with two attached hydrogens (primary N) is 1. The number of hydrazine groups is 1. The van der Waals surface area contributed by atoms with Crippen molar-refractivity contribution in [1.29, 1.82) is 0 Å². The number of carbonyl (C=O) groups excluding carboxylic acids is 5. The molecule has 12 heteroatoms. The summed E-state index contributed by atoms with van der Waals surface area (Å²) in [5.74, 6) is -2.81. The number of ether oxygens (including phenoxy) is 1. The van der Waals surface area contributed by atoms with E-state index >= 15 is 0 Å². The second-order valence-corrected chi connectivity index (χ2v) is 10.6. The molecule has 244 valence electrons. The van der Waals surface area contributed by atoms with Crippen LogP contribution >= 0.6 is 0 Å². The lowest BCUT2D eigenvalue weighted by Crippen LogP contribution is -2.54. The molecule has 0 aliphatic heterocycles. The van der Waals surface area contributed by atoms with E-state index in [1.807, 2.05) is 66.7 Å². The number of nitrogens with one attached hydrogen (secondary N) is 4. The Morgan fingerprint density at radius 1 is 0.761 bits per heavy atom. The molecule has 3 rings (SSSR count). The highest BCUT2D eigenvalue weighted by Crippen LogP contribution is 2.10. The van der Waals surface area contributed by atoms with E-state index in [-0.39, 0.29) is 32.4 Å². The Labute approximate surface area is 269 Å². The van der Waals surface area contributed by atoms with Crippen LogP contribution in [0.2, 0.25) is 0 Å². The Hall–Kier alpha value is -5.23. The number of amides is 4. The van der Waals surface area contributed by atoms with E-state index in [0.717, 1.165) is 16.8 Å². The summed E-state index contributed by atoms with van der Waals surface area (Å²) in [7, 11) is 1.68. The number of hydrogen-bond donors (Lipinski definition) is 5. The maximum atomic E-state index is 13.5. The summed E-state index contributed by atoms with van der Waals surface area (Å²) in [6.45, 7) is 0.475. The smallest absolute Gasteiger partial charge is 0.408 e. The molecule has 3 aromatic rings. The Bertz CT molecular complexity index is 1410. The molecule has 2 unspecified atom stereocenters. The van der Waals surface area contributed by atoms with E-state index in [1.54, 1.807) is 36.3 Å². The zero-order valence-corrected chi connectivity index (χ0v) is 25.9. The zero-order valence-electron chi connectivity index (χ0n) is 25.9. The molecule has 4 amide bonds. The molecule has 6 N–H and O–H groups in total. The minimum Gasteiger partial charge on any atom is -0.445 e. The number of Topliss-reactive ketones (excluding diaryl/α,β-unsaturated/α-hetero) is 1. The maximum Gasteiger partial charge on any atom is 0.408 e. The topological polar surface area (TPSA) is 172 Å². The molecular formula is C34H42N6O6. The fourth-order valence-electron chi connectivity index (χ4n) is 4.47. The number of rotatable bonds is 18. The second-order valence-electron chi connectivity index (χ2n) is 10.6. The number of hydrogen-bond acceptors (Lipinski definition) is 8. The summed E-state index contributed by atoms with van der Waals surface area (Å²) in [5, 5.41) is 9.28. The lowest BCUT2D eigenvalue weighted by atomic mass is 10.0. The van der Waals surface area contributed by atoms with Crippen molar-refractivity contribution in [3.63, 3.8) is 0 Å². The summed E-state index contributed by atoms with van der Waals surface area (Å²) in [6.07, 6.45) is 0.0896. The number of para-hydroxylation sites is 1. The monoisotopic (exact) mass is 630 g/mol. The maximum absolute atomic E-state index is 13.5. The third kappa shape index (κ3) is 12.4. The molecule has 0 aliphatic carbocycles. The summed E-state index contributed by atoms with van der Waals surface area (Å²) in [5.41, 5.74) is 10.6. The van der Waals surface area contributed by atoms with Crippen LogP contribution in [0.3, 0.4) is 0 Å². The van der Waals surface area contributed by atoms with Gasteiger partial charge in [-0.15, -0.1) is 0 Å². The molecule has 0 radical (unpaired) electrons. The van der Waals surface area contributed by atoms with E-state index in [1.165, 1.54) is 0 Å². The molecule has 46 heavy (non-hydrogen) atoms. The molecule has 0 aromatic heterocycles. The fourth-order valence-corrected chi connectivity index (χ4v) is 4.47. The zero-order chi connectivity index (χ0) is 33.1. The summed E-state index contributed by atoms with van der Waals surface area (Å²) in [4.78, 5) is 65.0. The molecule has 0 heterocycles. The van der Waals surface area contributed by atoms with Crippen LogP contribution in [0.25, 0.3) is 0 Å². The minimum atomic E-state index is -1.24. The highest BCUT2D eigenvalue weighted by molar-refractivity contribution is 6.38. The molecule has 3 aromatic carbocycles. The lowest BCUT2D eigenvalue weighted by molar-refractivity contribution is -0.140. The first-order valence-electron chi connectivity index (χ1n) is 15.2. The molecule has 0 saturated heterocycles. The van der Waals surface area contributed by atoms with Crippen LogP contribution in [0, 0.1) is 0 Å². The summed E-state index contributed by atoms with van der Waals surface area (Å²) >= 11 is 0. The normalized spacial score (nSPS) is 11.8. The number of ketones is 1. The Balaban J connectivity index is 1.68. The number of alkyl carbamates (subject to hydrolysis) is 1. The lowest BCUT2D eigenvalue weighted by Gasteiger charge is -2.23. The van der Waals surface area contributed by atoms with Gasteiger partial charge in [-0.05, 0) is 55.5 Å². The average Bonchev–Trinajstić information content (AvgIpc) is 3.08. The molecule has 0 fully saturated rings. The van der Waals surface area contributed by atoms with Gasteiger partial charge < -0.3 is 26.4 Å². The van der Waals surface area contributed by atoms with Crippen molar-refractivity contribution in [3.05, 3.63) is 102 Å². The fraction of sp³-hybridized carbons (Fsp3) is 0.324.